The average molecular weight is 596 g/mol. The van der Waals surface area contributed by atoms with Crippen molar-refractivity contribution < 1.29 is 18.1 Å². The molecular weight excluding hydrogens is 562 g/mol. The number of nitro groups is 1. The Balaban J connectivity index is 1.65. The highest BCUT2D eigenvalue weighted by Gasteiger charge is 2.29. The third kappa shape index (κ3) is 5.65. The zero-order chi connectivity index (χ0) is 30.0. The average Bonchev–Trinajstić information content (AvgIpc) is 3.35. The fraction of sp³-hybridized carbons (Fsp3) is 0.393. The van der Waals surface area contributed by atoms with Gasteiger partial charge in [-0.05, 0) is 50.2 Å². The lowest BCUT2D eigenvalue weighted by molar-refractivity contribution is -0.384. The summed E-state index contributed by atoms with van der Waals surface area (Å²) in [5.41, 5.74) is 1.48. The molecule has 0 amide bonds. The van der Waals surface area contributed by atoms with Gasteiger partial charge in [-0.3, -0.25) is 14.9 Å². The molecule has 13 nitrogen and oxygen atoms in total. The number of nitrogens with one attached hydrogen (secondary N) is 1. The third-order valence-electron chi connectivity index (χ3n) is 7.18. The SMILES string of the molecule is CCCOc1ccc(S(=O)(=O)N2CCN(C)CC2)cc1-c1nc2c(CCC)n(-c3ccc([N+](=O)[O-])cc3)nc2c(=O)[nH]1. The molecule has 4 aromatic rings. The first-order valence-electron chi connectivity index (χ1n) is 13.9. The molecule has 3 heterocycles. The summed E-state index contributed by atoms with van der Waals surface area (Å²) in [7, 11) is -1.84. The number of aromatic amines is 1. The molecule has 0 unspecified atom stereocenters. The number of hydrogen-bond acceptors (Lipinski definition) is 9. The van der Waals surface area contributed by atoms with E-state index in [1.807, 2.05) is 20.9 Å². The summed E-state index contributed by atoms with van der Waals surface area (Å²) in [4.78, 5) is 33.8. The van der Waals surface area contributed by atoms with Crippen LogP contribution >= 0.6 is 0 Å². The molecule has 5 rings (SSSR count). The first kappa shape index (κ1) is 29.4. The zero-order valence-electron chi connectivity index (χ0n) is 23.7. The third-order valence-corrected chi connectivity index (χ3v) is 9.08. The van der Waals surface area contributed by atoms with Crippen LogP contribution in [0.5, 0.6) is 5.75 Å². The van der Waals surface area contributed by atoms with E-state index in [0.717, 1.165) is 12.8 Å². The molecule has 1 saturated heterocycles. The lowest BCUT2D eigenvalue weighted by Gasteiger charge is -2.31. The van der Waals surface area contributed by atoms with Gasteiger partial charge in [0.2, 0.25) is 10.0 Å². The van der Waals surface area contributed by atoms with Crippen molar-refractivity contribution in [3.8, 4) is 22.8 Å². The normalized spacial score (nSPS) is 14.8. The highest BCUT2D eigenvalue weighted by molar-refractivity contribution is 7.89. The van der Waals surface area contributed by atoms with Gasteiger partial charge < -0.3 is 14.6 Å². The zero-order valence-corrected chi connectivity index (χ0v) is 24.6. The molecule has 0 spiro atoms. The van der Waals surface area contributed by atoms with Crippen LogP contribution in [0.4, 0.5) is 5.69 Å². The minimum atomic E-state index is -3.80. The molecule has 2 aromatic heterocycles. The van der Waals surface area contributed by atoms with E-state index in [1.165, 1.54) is 28.6 Å². The van der Waals surface area contributed by atoms with Gasteiger partial charge in [0.25, 0.3) is 11.2 Å². The van der Waals surface area contributed by atoms with Crippen molar-refractivity contribution in [2.24, 2.45) is 0 Å². The number of nitrogens with zero attached hydrogens (tertiary/aromatic N) is 6. The van der Waals surface area contributed by atoms with Gasteiger partial charge in [-0.25, -0.2) is 18.1 Å². The Labute approximate surface area is 242 Å². The van der Waals surface area contributed by atoms with Crippen molar-refractivity contribution in [3.63, 3.8) is 0 Å². The van der Waals surface area contributed by atoms with Crippen LogP contribution < -0.4 is 10.3 Å². The van der Waals surface area contributed by atoms with E-state index in [1.54, 1.807) is 22.9 Å². The van der Waals surface area contributed by atoms with Crippen molar-refractivity contribution in [1.82, 2.24) is 29.0 Å². The number of H-pyrrole nitrogens is 1. The monoisotopic (exact) mass is 595 g/mol. The van der Waals surface area contributed by atoms with Crippen LogP contribution in [-0.4, -0.2) is 82.1 Å². The Hall–Kier alpha value is -4.14. The predicted octanol–water partition coefficient (Wildman–Crippen LogP) is 3.36. The van der Waals surface area contributed by atoms with E-state index in [-0.39, 0.29) is 21.9 Å². The van der Waals surface area contributed by atoms with Crippen molar-refractivity contribution >= 4 is 26.7 Å². The number of nitro benzene ring substituents is 1. The van der Waals surface area contributed by atoms with E-state index >= 15 is 0 Å². The molecule has 1 fully saturated rings. The predicted molar refractivity (Wildman–Crippen MR) is 158 cm³/mol. The largest absolute Gasteiger partial charge is 0.493 e. The maximum Gasteiger partial charge on any atom is 0.279 e. The van der Waals surface area contributed by atoms with Crippen LogP contribution in [0.25, 0.3) is 28.1 Å². The molecule has 1 N–H and O–H groups in total. The van der Waals surface area contributed by atoms with Crippen molar-refractivity contribution in [3.05, 3.63) is 68.6 Å². The second kappa shape index (κ2) is 12.0. The molecule has 42 heavy (non-hydrogen) atoms. The number of sulfonamides is 1. The first-order chi connectivity index (χ1) is 20.1. The second-order valence-corrected chi connectivity index (χ2v) is 12.1. The summed E-state index contributed by atoms with van der Waals surface area (Å²) in [5, 5.41) is 15.6. The molecule has 0 radical (unpaired) electrons. The van der Waals surface area contributed by atoms with E-state index in [4.69, 9.17) is 9.72 Å². The van der Waals surface area contributed by atoms with Gasteiger partial charge in [-0.1, -0.05) is 20.3 Å². The van der Waals surface area contributed by atoms with Gasteiger partial charge in [-0.15, -0.1) is 0 Å². The smallest absolute Gasteiger partial charge is 0.279 e. The molecular formula is C28H33N7O6S. The Morgan fingerprint density at radius 1 is 1.02 bits per heavy atom. The van der Waals surface area contributed by atoms with Gasteiger partial charge >= 0.3 is 0 Å². The van der Waals surface area contributed by atoms with E-state index < -0.39 is 20.5 Å². The quantitative estimate of drug-likeness (QED) is 0.214. The molecule has 0 aliphatic carbocycles. The summed E-state index contributed by atoms with van der Waals surface area (Å²) in [5.74, 6) is 0.561. The summed E-state index contributed by atoms with van der Waals surface area (Å²) in [6, 6.07) is 10.5. The van der Waals surface area contributed by atoms with Crippen molar-refractivity contribution in [1.29, 1.82) is 0 Å². The topological polar surface area (TPSA) is 157 Å². The van der Waals surface area contributed by atoms with Gasteiger partial charge in [0.05, 0.1) is 33.4 Å². The van der Waals surface area contributed by atoms with E-state index in [9.17, 15) is 23.3 Å². The number of aryl methyl sites for hydroxylation is 1. The number of likely N-dealkylation sites (N-methyl/N-ethyl adjacent to an activating group) is 1. The summed E-state index contributed by atoms with van der Waals surface area (Å²) in [6.07, 6.45) is 1.98. The van der Waals surface area contributed by atoms with Crippen LogP contribution in [0, 0.1) is 10.1 Å². The number of aromatic nitrogens is 4. The molecule has 222 valence electrons. The van der Waals surface area contributed by atoms with Gasteiger partial charge in [-0.2, -0.15) is 9.40 Å². The number of hydrogen-bond donors (Lipinski definition) is 1. The highest BCUT2D eigenvalue weighted by atomic mass is 32.2. The van der Waals surface area contributed by atoms with Crippen LogP contribution in [0.2, 0.25) is 0 Å². The molecule has 2 aromatic carbocycles. The minimum Gasteiger partial charge on any atom is -0.493 e. The number of piperazine rings is 1. The lowest BCUT2D eigenvalue weighted by Crippen LogP contribution is -2.47. The Morgan fingerprint density at radius 3 is 2.38 bits per heavy atom. The molecule has 1 aliphatic rings. The highest BCUT2D eigenvalue weighted by Crippen LogP contribution is 2.33. The summed E-state index contributed by atoms with van der Waals surface area (Å²) >= 11 is 0. The van der Waals surface area contributed by atoms with Crippen molar-refractivity contribution in [2.45, 2.75) is 38.0 Å². The number of non-ortho nitro benzene ring substituents is 1. The molecule has 0 atom stereocenters. The Kier molecular flexibility index (Phi) is 8.38. The lowest BCUT2D eigenvalue weighted by atomic mass is 10.1. The van der Waals surface area contributed by atoms with Gasteiger partial charge in [0.15, 0.2) is 5.52 Å². The maximum absolute atomic E-state index is 13.6. The fourth-order valence-electron chi connectivity index (χ4n) is 4.91. The first-order valence-corrected chi connectivity index (χ1v) is 15.3. The minimum absolute atomic E-state index is 0.0585. The summed E-state index contributed by atoms with van der Waals surface area (Å²) < 4.78 is 36.1. The van der Waals surface area contributed by atoms with E-state index in [0.29, 0.717) is 67.4 Å². The second-order valence-electron chi connectivity index (χ2n) is 10.2. The maximum atomic E-state index is 13.6. The Bertz CT molecular complexity index is 1780. The molecule has 0 bridgehead atoms. The number of rotatable bonds is 10. The fourth-order valence-corrected chi connectivity index (χ4v) is 6.36. The molecule has 1 aliphatic heterocycles. The van der Waals surface area contributed by atoms with Crippen LogP contribution in [0.3, 0.4) is 0 Å². The number of benzene rings is 2. The van der Waals surface area contributed by atoms with Crippen molar-refractivity contribution in [2.75, 3.05) is 39.8 Å². The number of ether oxygens (including phenoxy) is 1. The molecule has 0 saturated carbocycles. The Morgan fingerprint density at radius 2 is 1.74 bits per heavy atom. The van der Waals surface area contributed by atoms with E-state index in [2.05, 4.69) is 15.0 Å². The van der Waals surface area contributed by atoms with Crippen LogP contribution in [-0.2, 0) is 16.4 Å². The van der Waals surface area contributed by atoms with Gasteiger partial charge in [0.1, 0.15) is 17.1 Å². The molecule has 14 heteroatoms. The van der Waals surface area contributed by atoms with Crippen LogP contribution in [0.15, 0.2) is 52.2 Å². The van der Waals surface area contributed by atoms with Crippen LogP contribution in [0.1, 0.15) is 32.4 Å². The van der Waals surface area contributed by atoms with Gasteiger partial charge in [0, 0.05) is 38.3 Å². The summed E-state index contributed by atoms with van der Waals surface area (Å²) in [6.45, 7) is 6.36. The standard InChI is InChI=1S/C28H33N7O6S/c1-4-6-23-25-26(31-34(23)19-7-9-20(10-8-19)35(37)38)28(36)30-27(29-25)22-18-21(11-12-24(22)41-17-5-2)42(39,40)33-15-13-32(3)14-16-33/h7-12,18H,4-6,13-17H2,1-3H3,(H,29,30,36). The number of fused-ring (bicyclic) bond motifs is 1.